The number of benzene rings is 2. The average Bonchev–Trinajstić information content (AvgIpc) is 2.52. The van der Waals surface area contributed by atoms with Crippen LogP contribution in [0.1, 0.15) is 5.56 Å². The molecule has 23 heavy (non-hydrogen) atoms. The molecule has 0 spiro atoms. The van der Waals surface area contributed by atoms with E-state index in [-0.39, 0.29) is 29.3 Å². The maximum Gasteiger partial charge on any atom is 0.273 e. The molecule has 2 aromatic carbocycles. The highest BCUT2D eigenvalue weighted by molar-refractivity contribution is 7.89. The van der Waals surface area contributed by atoms with E-state index in [1.807, 2.05) is 18.2 Å². The van der Waals surface area contributed by atoms with Crippen LogP contribution in [0.2, 0.25) is 0 Å². The van der Waals surface area contributed by atoms with E-state index in [0.717, 1.165) is 0 Å². The van der Waals surface area contributed by atoms with Crippen molar-refractivity contribution in [3.05, 3.63) is 64.2 Å². The summed E-state index contributed by atoms with van der Waals surface area (Å²) >= 11 is 0. The molecule has 0 aliphatic rings. The number of ether oxygens (including phenoxy) is 1. The van der Waals surface area contributed by atoms with Gasteiger partial charge in [0.15, 0.2) is 0 Å². The normalized spacial score (nSPS) is 11.2. The summed E-state index contributed by atoms with van der Waals surface area (Å²) in [5, 5.41) is 10.9. The van der Waals surface area contributed by atoms with E-state index in [9.17, 15) is 18.5 Å². The molecule has 8 heteroatoms. The Hall–Kier alpha value is -2.45. The van der Waals surface area contributed by atoms with Gasteiger partial charge in [-0.3, -0.25) is 10.1 Å². The fraction of sp³-hybridized carbons (Fsp3) is 0.200. The summed E-state index contributed by atoms with van der Waals surface area (Å²) in [5.41, 5.74) is -0.123. The van der Waals surface area contributed by atoms with Crippen molar-refractivity contribution < 1.29 is 18.1 Å². The van der Waals surface area contributed by atoms with E-state index in [1.54, 1.807) is 12.1 Å². The molecule has 0 fully saturated rings. The van der Waals surface area contributed by atoms with Crippen molar-refractivity contribution in [2.45, 2.75) is 11.8 Å². The molecule has 0 heterocycles. The molecule has 1 N–H and O–H groups in total. The van der Waals surface area contributed by atoms with Gasteiger partial charge in [-0.25, -0.2) is 13.1 Å². The summed E-state index contributed by atoms with van der Waals surface area (Å²) in [6, 6.07) is 13.0. The minimum atomic E-state index is -3.84. The second-order valence-electron chi connectivity index (χ2n) is 4.72. The molecular formula is C15H16N2O5S. The Morgan fingerprint density at radius 1 is 1.13 bits per heavy atom. The van der Waals surface area contributed by atoms with Crippen LogP contribution in [0.4, 0.5) is 5.69 Å². The van der Waals surface area contributed by atoms with Crippen molar-refractivity contribution in [3.8, 4) is 5.75 Å². The summed E-state index contributed by atoms with van der Waals surface area (Å²) in [5.74, 6) is 0.637. The summed E-state index contributed by atoms with van der Waals surface area (Å²) in [6.07, 6.45) is 0. The monoisotopic (exact) mass is 336 g/mol. The summed E-state index contributed by atoms with van der Waals surface area (Å²) in [7, 11) is -3.84. The number of rotatable bonds is 7. The van der Waals surface area contributed by atoms with Crippen molar-refractivity contribution in [3.63, 3.8) is 0 Å². The van der Waals surface area contributed by atoms with Gasteiger partial charge < -0.3 is 4.74 Å². The molecular weight excluding hydrogens is 320 g/mol. The third-order valence-corrected chi connectivity index (χ3v) is 4.75. The molecule has 2 aromatic rings. The lowest BCUT2D eigenvalue weighted by Gasteiger charge is -2.10. The van der Waals surface area contributed by atoms with Crippen LogP contribution in [0.25, 0.3) is 0 Å². The van der Waals surface area contributed by atoms with E-state index in [0.29, 0.717) is 5.75 Å². The molecule has 0 aromatic heterocycles. The van der Waals surface area contributed by atoms with Crippen LogP contribution in [0.3, 0.4) is 0 Å². The lowest BCUT2D eigenvalue weighted by Crippen LogP contribution is -2.29. The Kier molecular flexibility index (Phi) is 5.30. The second-order valence-corrected chi connectivity index (χ2v) is 6.45. The lowest BCUT2D eigenvalue weighted by atomic mass is 10.2. The van der Waals surface area contributed by atoms with E-state index >= 15 is 0 Å². The van der Waals surface area contributed by atoms with Crippen LogP contribution in [0, 0.1) is 17.0 Å². The van der Waals surface area contributed by atoms with Gasteiger partial charge >= 0.3 is 0 Å². The van der Waals surface area contributed by atoms with Gasteiger partial charge in [0.25, 0.3) is 5.69 Å². The summed E-state index contributed by atoms with van der Waals surface area (Å²) < 4.78 is 32.3. The molecule has 0 saturated carbocycles. The molecule has 0 radical (unpaired) electrons. The summed E-state index contributed by atoms with van der Waals surface area (Å²) in [4.78, 5) is 10.2. The zero-order valence-electron chi connectivity index (χ0n) is 12.4. The van der Waals surface area contributed by atoms with Crippen LogP contribution in [0.15, 0.2) is 53.4 Å². The predicted molar refractivity (Wildman–Crippen MR) is 85.0 cm³/mol. The predicted octanol–water partition coefficient (Wildman–Crippen LogP) is 2.26. The number of nitro benzene ring substituents is 1. The lowest BCUT2D eigenvalue weighted by molar-refractivity contribution is -0.385. The van der Waals surface area contributed by atoms with Crippen LogP contribution in [-0.4, -0.2) is 26.5 Å². The van der Waals surface area contributed by atoms with Crippen molar-refractivity contribution in [2.24, 2.45) is 0 Å². The molecule has 0 aliphatic heterocycles. The van der Waals surface area contributed by atoms with Crippen LogP contribution < -0.4 is 9.46 Å². The van der Waals surface area contributed by atoms with Crippen LogP contribution in [0.5, 0.6) is 5.75 Å². The zero-order valence-corrected chi connectivity index (χ0v) is 13.2. The minimum Gasteiger partial charge on any atom is -0.492 e. The number of sulfonamides is 1. The van der Waals surface area contributed by atoms with Gasteiger partial charge in [0.2, 0.25) is 10.0 Å². The molecule has 0 bridgehead atoms. The van der Waals surface area contributed by atoms with E-state index in [4.69, 9.17) is 4.74 Å². The van der Waals surface area contributed by atoms with Crippen LogP contribution in [-0.2, 0) is 10.0 Å². The highest BCUT2D eigenvalue weighted by Gasteiger charge is 2.22. The highest BCUT2D eigenvalue weighted by atomic mass is 32.2. The van der Waals surface area contributed by atoms with Gasteiger partial charge in [-0.15, -0.1) is 0 Å². The van der Waals surface area contributed by atoms with E-state index in [1.165, 1.54) is 25.1 Å². The first-order chi connectivity index (χ1) is 10.9. The van der Waals surface area contributed by atoms with Crippen LogP contribution >= 0.6 is 0 Å². The highest BCUT2D eigenvalue weighted by Crippen LogP contribution is 2.24. The minimum absolute atomic E-state index is 0.0549. The Labute approximate surface area is 134 Å². The fourth-order valence-corrected chi connectivity index (χ4v) is 3.30. The molecule has 0 unspecified atom stereocenters. The molecule has 7 nitrogen and oxygen atoms in total. The second kappa shape index (κ2) is 7.21. The molecule has 0 saturated heterocycles. The molecule has 0 atom stereocenters. The maximum absolute atomic E-state index is 12.2. The Morgan fingerprint density at radius 2 is 1.83 bits per heavy atom. The molecule has 0 aliphatic carbocycles. The van der Waals surface area contributed by atoms with E-state index < -0.39 is 14.9 Å². The first-order valence-corrected chi connectivity index (χ1v) is 8.31. The van der Waals surface area contributed by atoms with Gasteiger partial charge in [0.1, 0.15) is 12.4 Å². The quantitative estimate of drug-likeness (QED) is 0.475. The Morgan fingerprint density at radius 3 is 2.48 bits per heavy atom. The molecule has 122 valence electrons. The van der Waals surface area contributed by atoms with Crippen molar-refractivity contribution in [1.29, 1.82) is 0 Å². The van der Waals surface area contributed by atoms with Gasteiger partial charge in [0.05, 0.1) is 9.82 Å². The van der Waals surface area contributed by atoms with E-state index in [2.05, 4.69) is 4.72 Å². The zero-order chi connectivity index (χ0) is 16.9. The molecule has 0 amide bonds. The number of nitro groups is 1. The Bertz CT molecular complexity index is 791. The molecule has 2 rings (SSSR count). The fourth-order valence-electron chi connectivity index (χ4n) is 2.03. The number of para-hydroxylation sites is 1. The Balaban J connectivity index is 2.02. The number of hydrogen-bond acceptors (Lipinski definition) is 5. The maximum atomic E-state index is 12.2. The number of nitrogens with zero attached hydrogens (tertiary/aromatic N) is 1. The van der Waals surface area contributed by atoms with Gasteiger partial charge in [0, 0.05) is 18.2 Å². The van der Waals surface area contributed by atoms with Gasteiger partial charge in [-0.1, -0.05) is 24.3 Å². The summed E-state index contributed by atoms with van der Waals surface area (Å²) in [6.45, 7) is 1.61. The largest absolute Gasteiger partial charge is 0.492 e. The average molecular weight is 336 g/mol. The first-order valence-electron chi connectivity index (χ1n) is 6.83. The smallest absolute Gasteiger partial charge is 0.273 e. The topological polar surface area (TPSA) is 98.5 Å². The van der Waals surface area contributed by atoms with Crippen molar-refractivity contribution >= 4 is 15.7 Å². The number of nitrogens with one attached hydrogen (secondary N) is 1. The van der Waals surface area contributed by atoms with Gasteiger partial charge in [-0.05, 0) is 25.1 Å². The van der Waals surface area contributed by atoms with Gasteiger partial charge in [-0.2, -0.15) is 0 Å². The third kappa shape index (κ3) is 4.27. The van der Waals surface area contributed by atoms with Crippen molar-refractivity contribution in [1.82, 2.24) is 4.72 Å². The standard InChI is InChI=1S/C15H16N2O5S/c1-12-14(17(18)19)8-5-9-15(12)23(20,21)16-10-11-22-13-6-3-2-4-7-13/h2-9,16H,10-11H2,1H3. The third-order valence-electron chi connectivity index (χ3n) is 3.15. The number of hydrogen-bond donors (Lipinski definition) is 1. The first kappa shape index (κ1) is 16.9. The SMILES string of the molecule is Cc1c([N+](=O)[O-])cccc1S(=O)(=O)NCCOc1ccccc1. The van der Waals surface area contributed by atoms with Crippen molar-refractivity contribution in [2.75, 3.05) is 13.2 Å².